The molecular formula is C16H16ClN2O3+. The van der Waals surface area contributed by atoms with Crippen LogP contribution in [-0.2, 0) is 16.1 Å². The van der Waals surface area contributed by atoms with Gasteiger partial charge in [-0.05, 0) is 30.7 Å². The topological polar surface area (TPSA) is 59.3 Å². The second kappa shape index (κ2) is 7.04. The summed E-state index contributed by atoms with van der Waals surface area (Å²) in [5.41, 5.74) is 1.98. The number of methoxy groups -OCH3 is 1. The second-order valence-corrected chi connectivity index (χ2v) is 5.20. The number of nitrogens with zero attached hydrogens (tertiary/aromatic N) is 1. The van der Waals surface area contributed by atoms with E-state index in [1.54, 1.807) is 41.2 Å². The van der Waals surface area contributed by atoms with Crippen molar-refractivity contribution in [2.24, 2.45) is 0 Å². The summed E-state index contributed by atoms with van der Waals surface area (Å²) in [6, 6.07) is 8.61. The predicted molar refractivity (Wildman–Crippen MR) is 82.8 cm³/mol. The molecule has 0 radical (unpaired) electrons. The third-order valence-electron chi connectivity index (χ3n) is 3.08. The van der Waals surface area contributed by atoms with Crippen molar-refractivity contribution in [3.05, 3.63) is 58.9 Å². The maximum absolute atomic E-state index is 12.1. The molecule has 6 heteroatoms. The number of hydrogen-bond donors (Lipinski definition) is 1. The lowest BCUT2D eigenvalue weighted by Gasteiger charge is -2.07. The summed E-state index contributed by atoms with van der Waals surface area (Å²) in [6.45, 7) is 1.97. The Morgan fingerprint density at radius 2 is 2.09 bits per heavy atom. The van der Waals surface area contributed by atoms with Crippen LogP contribution in [-0.4, -0.2) is 19.0 Å². The Morgan fingerprint density at radius 3 is 2.82 bits per heavy atom. The maximum Gasteiger partial charge on any atom is 0.343 e. The zero-order valence-electron chi connectivity index (χ0n) is 12.3. The first-order chi connectivity index (χ1) is 10.5. The predicted octanol–water partition coefficient (Wildman–Crippen LogP) is 2.36. The van der Waals surface area contributed by atoms with Gasteiger partial charge < -0.3 is 10.1 Å². The molecule has 0 atom stereocenters. The van der Waals surface area contributed by atoms with Gasteiger partial charge in [-0.2, -0.15) is 4.57 Å². The molecule has 0 aliphatic rings. The standard InChI is InChI=1S/C16H15ClN2O3/c1-11-5-6-13(17)8-14(11)18-15(20)10-19-7-3-4-12(9-19)16(21)22-2/h3-9H,10H2,1-2H3/p+1. The molecule has 0 bridgehead atoms. The fourth-order valence-corrected chi connectivity index (χ4v) is 2.12. The van der Waals surface area contributed by atoms with Gasteiger partial charge in [-0.15, -0.1) is 0 Å². The van der Waals surface area contributed by atoms with Crippen LogP contribution in [0.5, 0.6) is 0 Å². The van der Waals surface area contributed by atoms with E-state index in [2.05, 4.69) is 10.1 Å². The molecule has 0 unspecified atom stereocenters. The van der Waals surface area contributed by atoms with E-state index in [1.165, 1.54) is 7.11 Å². The molecule has 0 aliphatic heterocycles. The lowest BCUT2D eigenvalue weighted by molar-refractivity contribution is -0.684. The Bertz CT molecular complexity index is 716. The molecule has 5 nitrogen and oxygen atoms in total. The number of anilines is 1. The van der Waals surface area contributed by atoms with Gasteiger partial charge in [-0.1, -0.05) is 17.7 Å². The van der Waals surface area contributed by atoms with Crippen LogP contribution in [0.15, 0.2) is 42.7 Å². The highest BCUT2D eigenvalue weighted by Crippen LogP contribution is 2.19. The molecule has 2 aromatic rings. The number of benzene rings is 1. The van der Waals surface area contributed by atoms with Crippen molar-refractivity contribution >= 4 is 29.2 Å². The Morgan fingerprint density at radius 1 is 1.32 bits per heavy atom. The third-order valence-corrected chi connectivity index (χ3v) is 3.31. The smallest absolute Gasteiger partial charge is 0.343 e. The fraction of sp³-hybridized carbons (Fsp3) is 0.188. The zero-order chi connectivity index (χ0) is 16.1. The van der Waals surface area contributed by atoms with E-state index in [9.17, 15) is 9.59 Å². The number of aryl methyl sites for hydroxylation is 1. The minimum Gasteiger partial charge on any atom is -0.465 e. The Kier molecular flexibility index (Phi) is 5.12. The van der Waals surface area contributed by atoms with Gasteiger partial charge in [0.05, 0.1) is 7.11 Å². The van der Waals surface area contributed by atoms with Crippen LogP contribution in [0.2, 0.25) is 5.02 Å². The van der Waals surface area contributed by atoms with Crippen LogP contribution < -0.4 is 9.88 Å². The highest BCUT2D eigenvalue weighted by molar-refractivity contribution is 6.31. The molecule has 0 spiro atoms. The van der Waals surface area contributed by atoms with E-state index >= 15 is 0 Å². The van der Waals surface area contributed by atoms with Gasteiger partial charge in [0.25, 0.3) is 5.91 Å². The summed E-state index contributed by atoms with van der Waals surface area (Å²) in [6.07, 6.45) is 3.27. The number of carbonyl (C=O) groups excluding carboxylic acids is 2. The Balaban J connectivity index is 2.09. The van der Waals surface area contributed by atoms with E-state index < -0.39 is 5.97 Å². The van der Waals surface area contributed by atoms with Gasteiger partial charge in [0.2, 0.25) is 6.54 Å². The van der Waals surface area contributed by atoms with Crippen LogP contribution in [0, 0.1) is 6.92 Å². The average Bonchev–Trinajstić information content (AvgIpc) is 2.50. The molecule has 22 heavy (non-hydrogen) atoms. The molecule has 114 valence electrons. The van der Waals surface area contributed by atoms with Crippen molar-refractivity contribution < 1.29 is 18.9 Å². The van der Waals surface area contributed by atoms with E-state index in [-0.39, 0.29) is 12.5 Å². The van der Waals surface area contributed by atoms with Crippen molar-refractivity contribution in [2.75, 3.05) is 12.4 Å². The number of ether oxygens (including phenoxy) is 1. The van der Waals surface area contributed by atoms with E-state index in [1.807, 2.05) is 13.0 Å². The molecular weight excluding hydrogens is 304 g/mol. The van der Waals surface area contributed by atoms with Gasteiger partial charge in [0.1, 0.15) is 5.56 Å². The van der Waals surface area contributed by atoms with Crippen LogP contribution in [0.1, 0.15) is 15.9 Å². The van der Waals surface area contributed by atoms with E-state index in [0.717, 1.165) is 5.56 Å². The highest BCUT2D eigenvalue weighted by Gasteiger charge is 2.14. The summed E-state index contributed by atoms with van der Waals surface area (Å²) < 4.78 is 6.27. The van der Waals surface area contributed by atoms with Crippen LogP contribution >= 0.6 is 11.6 Å². The van der Waals surface area contributed by atoms with Gasteiger partial charge in [-0.25, -0.2) is 4.79 Å². The number of pyridine rings is 1. The van der Waals surface area contributed by atoms with Crippen molar-refractivity contribution in [1.82, 2.24) is 0 Å². The number of rotatable bonds is 4. The summed E-state index contributed by atoms with van der Waals surface area (Å²) in [7, 11) is 1.31. The number of aromatic nitrogens is 1. The monoisotopic (exact) mass is 319 g/mol. The van der Waals surface area contributed by atoms with Crippen molar-refractivity contribution in [3.63, 3.8) is 0 Å². The zero-order valence-corrected chi connectivity index (χ0v) is 13.1. The molecule has 1 heterocycles. The minimum absolute atomic E-state index is 0.0801. The average molecular weight is 320 g/mol. The summed E-state index contributed by atoms with van der Waals surface area (Å²) >= 11 is 5.92. The number of nitrogens with one attached hydrogen (secondary N) is 1. The number of esters is 1. The van der Waals surface area contributed by atoms with Crippen molar-refractivity contribution in [3.8, 4) is 0 Å². The molecule has 0 aliphatic carbocycles. The highest BCUT2D eigenvalue weighted by atomic mass is 35.5. The van der Waals surface area contributed by atoms with Gasteiger partial charge in [0, 0.05) is 16.8 Å². The van der Waals surface area contributed by atoms with E-state index in [4.69, 9.17) is 11.6 Å². The molecule has 1 N–H and O–H groups in total. The summed E-state index contributed by atoms with van der Waals surface area (Å²) in [5.74, 6) is -0.655. The number of carbonyl (C=O) groups is 2. The molecule has 0 fully saturated rings. The first kappa shape index (κ1) is 16.0. The quantitative estimate of drug-likeness (QED) is 0.695. The number of amides is 1. The largest absolute Gasteiger partial charge is 0.465 e. The van der Waals surface area contributed by atoms with Crippen LogP contribution in [0.3, 0.4) is 0 Å². The van der Waals surface area contributed by atoms with Crippen LogP contribution in [0.4, 0.5) is 5.69 Å². The molecule has 1 aromatic carbocycles. The summed E-state index contributed by atoms with van der Waals surface area (Å²) in [4.78, 5) is 23.6. The molecule has 0 saturated heterocycles. The second-order valence-electron chi connectivity index (χ2n) is 4.76. The normalized spacial score (nSPS) is 10.1. The minimum atomic E-state index is -0.444. The first-order valence-electron chi connectivity index (χ1n) is 6.63. The summed E-state index contributed by atoms with van der Waals surface area (Å²) in [5, 5.41) is 3.36. The fourth-order valence-electron chi connectivity index (χ4n) is 1.94. The van der Waals surface area contributed by atoms with Crippen LogP contribution in [0.25, 0.3) is 0 Å². The SMILES string of the molecule is COC(=O)c1ccc[n+](CC(=O)Nc2cc(Cl)ccc2C)c1. The number of hydrogen-bond acceptors (Lipinski definition) is 3. The number of halogens is 1. The molecule has 1 aromatic heterocycles. The Hall–Kier alpha value is -2.40. The molecule has 1 amide bonds. The van der Waals surface area contributed by atoms with Gasteiger partial charge >= 0.3 is 5.97 Å². The molecule has 0 saturated carbocycles. The molecule has 2 rings (SSSR count). The van der Waals surface area contributed by atoms with Crippen molar-refractivity contribution in [2.45, 2.75) is 13.5 Å². The Labute approximate surface area is 133 Å². The lowest BCUT2D eigenvalue weighted by atomic mass is 10.2. The van der Waals surface area contributed by atoms with Gasteiger partial charge in [-0.3, -0.25) is 4.79 Å². The van der Waals surface area contributed by atoms with Crippen molar-refractivity contribution in [1.29, 1.82) is 0 Å². The van der Waals surface area contributed by atoms with Gasteiger partial charge in [0.15, 0.2) is 12.4 Å². The third kappa shape index (κ3) is 4.05. The first-order valence-corrected chi connectivity index (χ1v) is 7.01. The lowest BCUT2D eigenvalue weighted by Crippen LogP contribution is -2.40. The maximum atomic E-state index is 12.1. The van der Waals surface area contributed by atoms with E-state index in [0.29, 0.717) is 16.3 Å².